The fraction of sp³-hybridized carbons (Fsp3) is 0.278. The van der Waals surface area contributed by atoms with Crippen LogP contribution < -0.4 is 10.6 Å². The molecule has 2 aromatic carbocycles. The molecule has 110 valence electrons. The van der Waals surface area contributed by atoms with Gasteiger partial charge >= 0.3 is 0 Å². The van der Waals surface area contributed by atoms with Crippen molar-refractivity contribution in [1.29, 1.82) is 0 Å². The highest BCUT2D eigenvalue weighted by Crippen LogP contribution is 2.21. The molecule has 0 aliphatic rings. The van der Waals surface area contributed by atoms with E-state index in [4.69, 9.17) is 0 Å². The highest BCUT2D eigenvalue weighted by Gasteiger charge is 2.13. The van der Waals surface area contributed by atoms with Gasteiger partial charge in [-0.05, 0) is 57.5 Å². The lowest BCUT2D eigenvalue weighted by Gasteiger charge is -2.24. The molecular formula is C18H22N2O. The van der Waals surface area contributed by atoms with E-state index < -0.39 is 0 Å². The molecule has 0 radical (unpaired) electrons. The highest BCUT2D eigenvalue weighted by molar-refractivity contribution is 6.04. The molecule has 0 spiro atoms. The molecule has 0 bridgehead atoms. The van der Waals surface area contributed by atoms with E-state index in [0.29, 0.717) is 5.56 Å². The first-order chi connectivity index (χ1) is 9.85. The number of carbonyl (C=O) groups is 1. The van der Waals surface area contributed by atoms with Crippen LogP contribution in [0.15, 0.2) is 48.5 Å². The maximum atomic E-state index is 12.3. The molecule has 3 nitrogen and oxygen atoms in total. The van der Waals surface area contributed by atoms with Crippen LogP contribution in [-0.4, -0.2) is 11.4 Å². The quantitative estimate of drug-likeness (QED) is 0.872. The van der Waals surface area contributed by atoms with Crippen LogP contribution in [0, 0.1) is 6.92 Å². The molecule has 0 unspecified atom stereocenters. The SMILES string of the molecule is Cc1ccc(C(=O)Nc2ccccc2)cc1NC(C)(C)C. The molecule has 0 heterocycles. The van der Waals surface area contributed by atoms with Crippen LogP contribution in [0.3, 0.4) is 0 Å². The molecule has 2 N–H and O–H groups in total. The fourth-order valence-corrected chi connectivity index (χ4v) is 2.03. The number of aryl methyl sites for hydroxylation is 1. The van der Waals surface area contributed by atoms with Gasteiger partial charge in [0.05, 0.1) is 0 Å². The second-order valence-corrected chi connectivity index (χ2v) is 6.22. The van der Waals surface area contributed by atoms with Gasteiger partial charge in [-0.1, -0.05) is 24.3 Å². The molecule has 0 saturated carbocycles. The zero-order valence-corrected chi connectivity index (χ0v) is 13.0. The van der Waals surface area contributed by atoms with Crippen LogP contribution in [0.1, 0.15) is 36.7 Å². The highest BCUT2D eigenvalue weighted by atomic mass is 16.1. The Bertz CT molecular complexity index is 627. The number of benzene rings is 2. The van der Waals surface area contributed by atoms with Gasteiger partial charge in [-0.15, -0.1) is 0 Å². The summed E-state index contributed by atoms with van der Waals surface area (Å²) in [5, 5.41) is 6.33. The molecular weight excluding hydrogens is 260 g/mol. The van der Waals surface area contributed by atoms with Crippen molar-refractivity contribution in [1.82, 2.24) is 0 Å². The predicted octanol–water partition coefficient (Wildman–Crippen LogP) is 4.46. The minimum absolute atomic E-state index is 0.0424. The van der Waals surface area contributed by atoms with Crippen molar-refractivity contribution in [3.05, 3.63) is 59.7 Å². The molecule has 0 aliphatic carbocycles. The lowest BCUT2D eigenvalue weighted by atomic mass is 10.0. The number of amides is 1. The Labute approximate surface area is 126 Å². The molecule has 0 saturated heterocycles. The molecule has 21 heavy (non-hydrogen) atoms. The standard InChI is InChI=1S/C18H22N2O/c1-13-10-11-14(12-16(13)20-18(2,3)4)17(21)19-15-8-6-5-7-9-15/h5-12,20H,1-4H3,(H,19,21). The second kappa shape index (κ2) is 6.00. The van der Waals surface area contributed by atoms with Crippen LogP contribution >= 0.6 is 0 Å². The zero-order valence-electron chi connectivity index (χ0n) is 13.0. The smallest absolute Gasteiger partial charge is 0.255 e. The molecule has 0 atom stereocenters. The monoisotopic (exact) mass is 282 g/mol. The Morgan fingerprint density at radius 3 is 2.29 bits per heavy atom. The van der Waals surface area contributed by atoms with Gasteiger partial charge in [-0.2, -0.15) is 0 Å². The van der Waals surface area contributed by atoms with Gasteiger partial charge in [0.1, 0.15) is 0 Å². The summed E-state index contributed by atoms with van der Waals surface area (Å²) in [4.78, 5) is 12.3. The van der Waals surface area contributed by atoms with Gasteiger partial charge < -0.3 is 10.6 Å². The maximum Gasteiger partial charge on any atom is 0.255 e. The number of anilines is 2. The Kier molecular flexibility index (Phi) is 4.32. The van der Waals surface area contributed by atoms with Gasteiger partial charge in [0.2, 0.25) is 0 Å². The minimum Gasteiger partial charge on any atom is -0.380 e. The normalized spacial score (nSPS) is 11.0. The number of para-hydroxylation sites is 1. The average molecular weight is 282 g/mol. The summed E-state index contributed by atoms with van der Waals surface area (Å²) >= 11 is 0. The number of hydrogen-bond donors (Lipinski definition) is 2. The first-order valence-electron chi connectivity index (χ1n) is 7.10. The van der Waals surface area contributed by atoms with Gasteiger partial charge in [0.15, 0.2) is 0 Å². The zero-order chi connectivity index (χ0) is 15.5. The Morgan fingerprint density at radius 2 is 1.67 bits per heavy atom. The first-order valence-corrected chi connectivity index (χ1v) is 7.10. The van der Waals surface area contributed by atoms with E-state index in [1.165, 1.54) is 0 Å². The average Bonchev–Trinajstić information content (AvgIpc) is 2.41. The van der Waals surface area contributed by atoms with Crippen molar-refractivity contribution < 1.29 is 4.79 Å². The molecule has 0 aromatic heterocycles. The van der Waals surface area contributed by atoms with Gasteiger partial charge in [0.25, 0.3) is 5.91 Å². The van der Waals surface area contributed by atoms with Crippen molar-refractivity contribution in [2.45, 2.75) is 33.2 Å². The van der Waals surface area contributed by atoms with Crippen LogP contribution in [0.5, 0.6) is 0 Å². The number of carbonyl (C=O) groups excluding carboxylic acids is 1. The molecule has 2 rings (SSSR count). The van der Waals surface area contributed by atoms with E-state index in [2.05, 4.69) is 31.4 Å². The lowest BCUT2D eigenvalue weighted by molar-refractivity contribution is 0.102. The Morgan fingerprint density at radius 1 is 1.00 bits per heavy atom. The Balaban J connectivity index is 2.20. The van der Waals surface area contributed by atoms with Gasteiger partial charge in [-0.25, -0.2) is 0 Å². The van der Waals surface area contributed by atoms with E-state index in [-0.39, 0.29) is 11.4 Å². The van der Waals surface area contributed by atoms with Crippen molar-refractivity contribution in [3.63, 3.8) is 0 Å². The van der Waals surface area contributed by atoms with E-state index in [9.17, 15) is 4.79 Å². The van der Waals surface area contributed by atoms with E-state index >= 15 is 0 Å². The molecule has 0 fully saturated rings. The van der Waals surface area contributed by atoms with E-state index in [1.807, 2.05) is 55.5 Å². The van der Waals surface area contributed by atoms with Crippen LogP contribution in [-0.2, 0) is 0 Å². The fourth-order valence-electron chi connectivity index (χ4n) is 2.03. The van der Waals surface area contributed by atoms with Crippen molar-refractivity contribution in [2.75, 3.05) is 10.6 Å². The third-order valence-corrected chi connectivity index (χ3v) is 3.04. The third kappa shape index (κ3) is 4.35. The summed E-state index contributed by atoms with van der Waals surface area (Å²) in [5.41, 5.74) is 3.52. The molecule has 1 amide bonds. The number of hydrogen-bond acceptors (Lipinski definition) is 2. The summed E-state index contributed by atoms with van der Waals surface area (Å²) in [6.45, 7) is 8.34. The largest absolute Gasteiger partial charge is 0.380 e. The Hall–Kier alpha value is -2.29. The number of nitrogens with one attached hydrogen (secondary N) is 2. The molecule has 3 heteroatoms. The van der Waals surface area contributed by atoms with Gasteiger partial charge in [-0.3, -0.25) is 4.79 Å². The van der Waals surface area contributed by atoms with E-state index in [1.54, 1.807) is 0 Å². The van der Waals surface area contributed by atoms with Crippen LogP contribution in [0.25, 0.3) is 0 Å². The van der Waals surface area contributed by atoms with Crippen LogP contribution in [0.2, 0.25) is 0 Å². The second-order valence-electron chi connectivity index (χ2n) is 6.22. The molecule has 2 aromatic rings. The maximum absolute atomic E-state index is 12.3. The van der Waals surface area contributed by atoms with Crippen LogP contribution in [0.4, 0.5) is 11.4 Å². The summed E-state index contributed by atoms with van der Waals surface area (Å²) in [7, 11) is 0. The summed E-state index contributed by atoms with van der Waals surface area (Å²) in [6, 6.07) is 15.2. The van der Waals surface area contributed by atoms with Crippen molar-refractivity contribution in [2.24, 2.45) is 0 Å². The number of rotatable bonds is 3. The summed E-state index contributed by atoms with van der Waals surface area (Å²) < 4.78 is 0. The summed E-state index contributed by atoms with van der Waals surface area (Å²) in [6.07, 6.45) is 0. The van der Waals surface area contributed by atoms with Crippen molar-refractivity contribution >= 4 is 17.3 Å². The summed E-state index contributed by atoms with van der Waals surface area (Å²) in [5.74, 6) is -0.0989. The minimum atomic E-state index is -0.0989. The van der Waals surface area contributed by atoms with E-state index in [0.717, 1.165) is 16.9 Å². The first kappa shape index (κ1) is 15.1. The third-order valence-electron chi connectivity index (χ3n) is 3.04. The lowest BCUT2D eigenvalue weighted by Crippen LogP contribution is -2.26. The topological polar surface area (TPSA) is 41.1 Å². The predicted molar refractivity (Wildman–Crippen MR) is 88.9 cm³/mol. The molecule has 0 aliphatic heterocycles. The van der Waals surface area contributed by atoms with Crippen molar-refractivity contribution in [3.8, 4) is 0 Å². The van der Waals surface area contributed by atoms with Gasteiger partial charge in [0, 0.05) is 22.5 Å².